The molecule has 27 heavy (non-hydrogen) atoms. The molecule has 0 heterocycles. The van der Waals surface area contributed by atoms with Gasteiger partial charge in [-0.1, -0.05) is 18.2 Å². The van der Waals surface area contributed by atoms with Crippen LogP contribution in [0, 0.1) is 11.6 Å². The van der Waals surface area contributed by atoms with Crippen LogP contribution in [0.3, 0.4) is 0 Å². The molecule has 0 aliphatic heterocycles. The Hall–Kier alpha value is -1.97. The second-order valence-electron chi connectivity index (χ2n) is 5.69. The minimum absolute atomic E-state index is 0.160. The smallest absolute Gasteiger partial charge is 0.242 e. The molecule has 0 bridgehead atoms. The lowest BCUT2D eigenvalue weighted by atomic mass is 10.3. The second kappa shape index (κ2) is 9.29. The van der Waals surface area contributed by atoms with Crippen LogP contribution >= 0.6 is 11.8 Å². The number of ether oxygens (including phenoxy) is 1. The lowest BCUT2D eigenvalue weighted by Gasteiger charge is -2.17. The van der Waals surface area contributed by atoms with Gasteiger partial charge >= 0.3 is 0 Å². The molecule has 0 aliphatic carbocycles. The van der Waals surface area contributed by atoms with Crippen LogP contribution in [0.2, 0.25) is 0 Å². The van der Waals surface area contributed by atoms with E-state index in [2.05, 4.69) is 0 Å². The van der Waals surface area contributed by atoms with E-state index < -0.39 is 34.0 Å². The molecule has 0 radical (unpaired) electrons. The van der Waals surface area contributed by atoms with Gasteiger partial charge in [-0.2, -0.15) is 0 Å². The summed E-state index contributed by atoms with van der Waals surface area (Å²) in [6.45, 7) is 0.996. The van der Waals surface area contributed by atoms with Gasteiger partial charge in [-0.3, -0.25) is 4.79 Å². The zero-order valence-corrected chi connectivity index (χ0v) is 16.4. The molecule has 0 unspecified atom stereocenters. The summed E-state index contributed by atoms with van der Waals surface area (Å²) in [5.74, 6) is -2.48. The summed E-state index contributed by atoms with van der Waals surface area (Å²) in [5.41, 5.74) is 0. The Morgan fingerprint density at radius 2 is 1.74 bits per heavy atom. The van der Waals surface area contributed by atoms with Gasteiger partial charge in [0.1, 0.15) is 6.61 Å². The van der Waals surface area contributed by atoms with E-state index in [1.165, 1.54) is 30.4 Å². The molecule has 9 heteroatoms. The summed E-state index contributed by atoms with van der Waals surface area (Å²) in [4.78, 5) is 11.3. The minimum atomic E-state index is -3.61. The van der Waals surface area contributed by atoms with Crippen molar-refractivity contribution in [2.24, 2.45) is 0 Å². The van der Waals surface area contributed by atoms with Gasteiger partial charge < -0.3 is 4.74 Å². The molecule has 0 saturated carbocycles. The van der Waals surface area contributed by atoms with Crippen molar-refractivity contribution >= 4 is 27.6 Å². The molecular formula is C18H19F2NO4S2. The van der Waals surface area contributed by atoms with Gasteiger partial charge in [0.05, 0.1) is 4.90 Å². The van der Waals surface area contributed by atoms with Crippen molar-refractivity contribution in [3.63, 3.8) is 0 Å². The van der Waals surface area contributed by atoms with Crippen LogP contribution in [-0.2, 0) is 14.8 Å². The van der Waals surface area contributed by atoms with E-state index in [1.807, 2.05) is 0 Å². The standard InChI is InChI=1S/C18H19F2NO4S2/c1-13(22)12-25-18-16(19)10-14(11-17(18)20)26-9-8-21(2)27(23,24)15-6-4-3-5-7-15/h3-7,10-11H,8-9,12H2,1-2H3. The fraction of sp³-hybridized carbons (Fsp3) is 0.278. The number of rotatable bonds is 9. The summed E-state index contributed by atoms with van der Waals surface area (Å²) in [7, 11) is -2.16. The van der Waals surface area contributed by atoms with Crippen molar-refractivity contribution < 1.29 is 26.7 Å². The fourth-order valence-corrected chi connectivity index (χ4v) is 4.40. The van der Waals surface area contributed by atoms with Gasteiger partial charge in [0.25, 0.3) is 0 Å². The maximum absolute atomic E-state index is 14.0. The third-order valence-electron chi connectivity index (χ3n) is 3.52. The fourth-order valence-electron chi connectivity index (χ4n) is 2.12. The number of ketones is 1. The summed E-state index contributed by atoms with van der Waals surface area (Å²) < 4.78 is 58.7. The predicted octanol–water partition coefficient (Wildman–Crippen LogP) is 3.35. The first-order chi connectivity index (χ1) is 12.7. The monoisotopic (exact) mass is 415 g/mol. The quantitative estimate of drug-likeness (QED) is 0.588. The molecule has 0 aromatic heterocycles. The molecule has 0 aliphatic rings. The molecule has 0 atom stereocenters. The Balaban J connectivity index is 1.98. The Kier molecular flexibility index (Phi) is 7.34. The molecule has 0 N–H and O–H groups in total. The summed E-state index contributed by atoms with van der Waals surface area (Å²) >= 11 is 1.11. The first kappa shape index (κ1) is 21.3. The van der Waals surface area contributed by atoms with Crippen molar-refractivity contribution in [2.75, 3.05) is 26.0 Å². The third kappa shape index (κ3) is 5.75. The molecule has 5 nitrogen and oxygen atoms in total. The molecule has 0 amide bonds. The highest BCUT2D eigenvalue weighted by atomic mass is 32.2. The Morgan fingerprint density at radius 3 is 2.30 bits per heavy atom. The average Bonchev–Trinajstić information content (AvgIpc) is 2.61. The van der Waals surface area contributed by atoms with E-state index in [4.69, 9.17) is 4.74 Å². The van der Waals surface area contributed by atoms with Crippen LogP contribution in [0.4, 0.5) is 8.78 Å². The van der Waals surface area contributed by atoms with Crippen molar-refractivity contribution in [3.05, 3.63) is 54.1 Å². The Labute approximate surface area is 161 Å². The van der Waals surface area contributed by atoms with Gasteiger partial charge in [0, 0.05) is 24.2 Å². The van der Waals surface area contributed by atoms with Crippen LogP contribution in [-0.4, -0.2) is 44.5 Å². The largest absolute Gasteiger partial charge is 0.480 e. The molecule has 2 rings (SSSR count). The van der Waals surface area contributed by atoms with Gasteiger partial charge in [0.2, 0.25) is 10.0 Å². The van der Waals surface area contributed by atoms with Crippen LogP contribution in [0.1, 0.15) is 6.92 Å². The number of benzene rings is 2. The van der Waals surface area contributed by atoms with Crippen molar-refractivity contribution in [3.8, 4) is 5.75 Å². The van der Waals surface area contributed by atoms with E-state index in [0.29, 0.717) is 10.6 Å². The number of carbonyl (C=O) groups excluding carboxylic acids is 1. The zero-order chi connectivity index (χ0) is 20.0. The number of hydrogen-bond donors (Lipinski definition) is 0. The molecule has 146 valence electrons. The Bertz CT molecular complexity index is 882. The van der Waals surface area contributed by atoms with Crippen LogP contribution in [0.25, 0.3) is 0 Å². The maximum atomic E-state index is 14.0. The predicted molar refractivity (Wildman–Crippen MR) is 99.5 cm³/mol. The topological polar surface area (TPSA) is 63.7 Å². The number of halogens is 2. The van der Waals surface area contributed by atoms with Crippen molar-refractivity contribution in [1.29, 1.82) is 0 Å². The summed E-state index contributed by atoms with van der Waals surface area (Å²) in [6.07, 6.45) is 0. The number of thioether (sulfide) groups is 1. The number of carbonyl (C=O) groups is 1. The normalized spacial score (nSPS) is 11.6. The van der Waals surface area contributed by atoms with E-state index >= 15 is 0 Å². The third-order valence-corrected chi connectivity index (χ3v) is 6.34. The highest BCUT2D eigenvalue weighted by Crippen LogP contribution is 2.28. The molecule has 2 aromatic rings. The van der Waals surface area contributed by atoms with E-state index in [1.54, 1.807) is 18.2 Å². The van der Waals surface area contributed by atoms with Crippen molar-refractivity contribution in [2.45, 2.75) is 16.7 Å². The van der Waals surface area contributed by atoms with E-state index in [9.17, 15) is 22.0 Å². The van der Waals surface area contributed by atoms with Crippen LogP contribution in [0.5, 0.6) is 5.75 Å². The lowest BCUT2D eigenvalue weighted by Crippen LogP contribution is -2.29. The van der Waals surface area contributed by atoms with Crippen LogP contribution in [0.15, 0.2) is 52.3 Å². The van der Waals surface area contributed by atoms with Crippen LogP contribution < -0.4 is 4.74 Å². The van der Waals surface area contributed by atoms with Gasteiger partial charge in [-0.25, -0.2) is 21.5 Å². The summed E-state index contributed by atoms with van der Waals surface area (Å²) in [6, 6.07) is 10.2. The number of hydrogen-bond acceptors (Lipinski definition) is 5. The molecule has 2 aromatic carbocycles. The number of Topliss-reactive ketones (excluding diaryl/α,β-unsaturated/α-hetero) is 1. The Morgan fingerprint density at radius 1 is 1.15 bits per heavy atom. The minimum Gasteiger partial charge on any atom is -0.480 e. The molecule has 0 saturated heterocycles. The van der Waals surface area contributed by atoms with Gasteiger partial charge in [-0.15, -0.1) is 11.8 Å². The number of sulfonamides is 1. The van der Waals surface area contributed by atoms with Gasteiger partial charge in [0.15, 0.2) is 23.2 Å². The molecular weight excluding hydrogens is 396 g/mol. The zero-order valence-electron chi connectivity index (χ0n) is 14.8. The highest BCUT2D eigenvalue weighted by Gasteiger charge is 2.20. The van der Waals surface area contributed by atoms with Gasteiger partial charge in [-0.05, 0) is 31.2 Å². The summed E-state index contributed by atoms with van der Waals surface area (Å²) in [5, 5.41) is 0. The second-order valence-corrected chi connectivity index (χ2v) is 8.91. The number of nitrogens with zero attached hydrogens (tertiary/aromatic N) is 1. The van der Waals surface area contributed by atoms with E-state index in [0.717, 1.165) is 23.9 Å². The highest BCUT2D eigenvalue weighted by molar-refractivity contribution is 7.99. The first-order valence-corrected chi connectivity index (χ1v) is 10.4. The first-order valence-electron chi connectivity index (χ1n) is 7.97. The average molecular weight is 415 g/mol. The SMILES string of the molecule is CC(=O)COc1c(F)cc(SCCN(C)S(=O)(=O)c2ccccc2)cc1F. The van der Waals surface area contributed by atoms with Crippen molar-refractivity contribution in [1.82, 2.24) is 4.31 Å². The maximum Gasteiger partial charge on any atom is 0.242 e. The molecule has 0 spiro atoms. The molecule has 0 fully saturated rings. The lowest BCUT2D eigenvalue weighted by molar-refractivity contribution is -0.119. The van der Waals surface area contributed by atoms with E-state index in [-0.39, 0.29) is 17.2 Å².